The van der Waals surface area contributed by atoms with Crippen LogP contribution in [0.25, 0.3) is 5.76 Å². The van der Waals surface area contributed by atoms with Crippen LogP contribution in [0.3, 0.4) is 0 Å². The molecule has 0 aliphatic carbocycles. The second kappa shape index (κ2) is 10.5. The predicted molar refractivity (Wildman–Crippen MR) is 134 cm³/mol. The number of amides is 1. The Kier molecular flexibility index (Phi) is 7.27. The van der Waals surface area contributed by atoms with E-state index in [4.69, 9.17) is 4.74 Å². The number of ether oxygens (including phenoxy) is 1. The zero-order valence-electron chi connectivity index (χ0n) is 20.1. The van der Waals surface area contributed by atoms with E-state index in [9.17, 15) is 14.7 Å². The van der Waals surface area contributed by atoms with Crippen molar-refractivity contribution in [3.63, 3.8) is 0 Å². The molecule has 180 valence electrons. The molecule has 1 atom stereocenters. The second-order valence-corrected chi connectivity index (χ2v) is 8.88. The molecule has 7 nitrogen and oxygen atoms in total. The minimum atomic E-state index is -0.692. The first kappa shape index (κ1) is 24.2. The molecule has 2 heterocycles. The van der Waals surface area contributed by atoms with Gasteiger partial charge in [-0.05, 0) is 68.5 Å². The third-order valence-electron chi connectivity index (χ3n) is 5.97. The lowest BCUT2D eigenvalue weighted by molar-refractivity contribution is -0.140. The van der Waals surface area contributed by atoms with Gasteiger partial charge in [0.05, 0.1) is 11.6 Å². The average molecular weight is 472 g/mol. The zero-order valence-corrected chi connectivity index (χ0v) is 20.1. The van der Waals surface area contributed by atoms with Gasteiger partial charge in [0.15, 0.2) is 0 Å². The molecule has 0 spiro atoms. The van der Waals surface area contributed by atoms with E-state index in [1.54, 1.807) is 48.8 Å². The molecule has 1 fully saturated rings. The average Bonchev–Trinajstić information content (AvgIpc) is 3.11. The number of carbonyl (C=O) groups is 2. The van der Waals surface area contributed by atoms with E-state index in [-0.39, 0.29) is 11.3 Å². The van der Waals surface area contributed by atoms with Crippen molar-refractivity contribution in [2.45, 2.75) is 19.6 Å². The van der Waals surface area contributed by atoms with E-state index in [2.05, 4.69) is 11.1 Å². The number of nitrogens with zero attached hydrogens (tertiary/aromatic N) is 3. The first-order chi connectivity index (χ1) is 16.8. The molecule has 0 saturated carbocycles. The van der Waals surface area contributed by atoms with Gasteiger partial charge in [-0.3, -0.25) is 14.6 Å². The summed E-state index contributed by atoms with van der Waals surface area (Å²) < 4.78 is 5.87. The second-order valence-electron chi connectivity index (χ2n) is 8.88. The number of benzene rings is 2. The SMILES string of the molecule is Cc1cccc(COc2ccc(C(O)=C3C(=O)C(=O)N(CCN(C)C)[C@@H]3c3ccncc3)cc2)c1. The number of hydrogen-bond acceptors (Lipinski definition) is 6. The van der Waals surface area contributed by atoms with Crippen molar-refractivity contribution >= 4 is 17.4 Å². The molecule has 1 N–H and O–H groups in total. The van der Waals surface area contributed by atoms with Crippen LogP contribution >= 0.6 is 0 Å². The highest BCUT2D eigenvalue weighted by molar-refractivity contribution is 6.46. The fourth-order valence-electron chi connectivity index (χ4n) is 4.14. The number of aryl methyl sites for hydroxylation is 1. The van der Waals surface area contributed by atoms with Crippen LogP contribution in [0, 0.1) is 6.92 Å². The van der Waals surface area contributed by atoms with Gasteiger partial charge in [0.25, 0.3) is 11.7 Å². The maximum atomic E-state index is 13.0. The van der Waals surface area contributed by atoms with Crippen LogP contribution in [0.4, 0.5) is 0 Å². The number of carbonyl (C=O) groups excluding carboxylic acids is 2. The molecule has 1 saturated heterocycles. The molecular weight excluding hydrogens is 442 g/mol. The van der Waals surface area contributed by atoms with Crippen molar-refractivity contribution in [2.75, 3.05) is 27.2 Å². The minimum Gasteiger partial charge on any atom is -0.507 e. The van der Waals surface area contributed by atoms with Crippen LogP contribution in [-0.4, -0.2) is 58.8 Å². The van der Waals surface area contributed by atoms with Crippen molar-refractivity contribution in [1.82, 2.24) is 14.8 Å². The number of likely N-dealkylation sites (tertiary alicyclic amines) is 1. The number of likely N-dealkylation sites (N-methyl/N-ethyl adjacent to an activating group) is 1. The maximum absolute atomic E-state index is 13.0. The predicted octanol–water partition coefficient (Wildman–Crippen LogP) is 3.95. The topological polar surface area (TPSA) is 83.0 Å². The molecule has 4 rings (SSSR count). The lowest BCUT2D eigenvalue weighted by atomic mass is 9.96. The van der Waals surface area contributed by atoms with E-state index in [0.29, 0.717) is 31.0 Å². The van der Waals surface area contributed by atoms with E-state index in [0.717, 1.165) is 16.7 Å². The Morgan fingerprint density at radius 1 is 1.06 bits per heavy atom. The van der Waals surface area contributed by atoms with Crippen LogP contribution in [0.5, 0.6) is 5.75 Å². The van der Waals surface area contributed by atoms with Gasteiger partial charge in [-0.15, -0.1) is 0 Å². The third-order valence-corrected chi connectivity index (χ3v) is 5.97. The van der Waals surface area contributed by atoms with E-state index >= 15 is 0 Å². The Bertz CT molecular complexity index is 1240. The lowest BCUT2D eigenvalue weighted by Crippen LogP contribution is -2.35. The molecule has 0 radical (unpaired) electrons. The molecule has 1 aromatic heterocycles. The van der Waals surface area contributed by atoms with Crippen molar-refractivity contribution in [1.29, 1.82) is 0 Å². The number of aliphatic hydroxyl groups is 1. The quantitative estimate of drug-likeness (QED) is 0.304. The molecule has 3 aromatic rings. The standard InChI is InChI=1S/C28H29N3O4/c1-19-5-4-6-20(17-19)18-35-23-9-7-22(8-10-23)26(32)24-25(21-11-13-29-14-12-21)31(16-15-30(2)3)28(34)27(24)33/h4-14,17,25,32H,15-16,18H2,1-3H3/t25-/m1/s1. The van der Waals surface area contributed by atoms with Gasteiger partial charge in [0.2, 0.25) is 0 Å². The van der Waals surface area contributed by atoms with Crippen LogP contribution in [0.2, 0.25) is 0 Å². The first-order valence-electron chi connectivity index (χ1n) is 11.5. The Morgan fingerprint density at radius 2 is 1.77 bits per heavy atom. The van der Waals surface area contributed by atoms with Crippen LogP contribution < -0.4 is 4.74 Å². The van der Waals surface area contributed by atoms with Gasteiger partial charge in [0.1, 0.15) is 18.1 Å². The minimum absolute atomic E-state index is 0.0772. The molecule has 35 heavy (non-hydrogen) atoms. The summed E-state index contributed by atoms with van der Waals surface area (Å²) in [5.74, 6) is -0.876. The summed E-state index contributed by atoms with van der Waals surface area (Å²) >= 11 is 0. The fourth-order valence-corrected chi connectivity index (χ4v) is 4.14. The third kappa shape index (κ3) is 5.41. The molecule has 0 bridgehead atoms. The molecular formula is C28H29N3O4. The number of pyridine rings is 1. The number of aromatic nitrogens is 1. The fraction of sp³-hybridized carbons (Fsp3) is 0.250. The Labute approximate surface area is 205 Å². The van der Waals surface area contributed by atoms with Gasteiger partial charge in [-0.25, -0.2) is 0 Å². The van der Waals surface area contributed by atoms with Crippen LogP contribution in [0.1, 0.15) is 28.3 Å². The van der Waals surface area contributed by atoms with E-state index in [1.165, 1.54) is 4.90 Å². The van der Waals surface area contributed by atoms with Gasteiger partial charge < -0.3 is 19.6 Å². The lowest BCUT2D eigenvalue weighted by Gasteiger charge is -2.26. The number of Topliss-reactive ketones (excluding diaryl/α,β-unsaturated/α-hetero) is 1. The van der Waals surface area contributed by atoms with Gasteiger partial charge >= 0.3 is 0 Å². The summed E-state index contributed by atoms with van der Waals surface area (Å²) in [5, 5.41) is 11.2. The summed E-state index contributed by atoms with van der Waals surface area (Å²) in [6.45, 7) is 3.39. The molecule has 1 aliphatic rings. The Hall–Kier alpha value is -3.97. The largest absolute Gasteiger partial charge is 0.507 e. The van der Waals surface area contributed by atoms with Gasteiger partial charge in [0, 0.05) is 31.0 Å². The summed E-state index contributed by atoms with van der Waals surface area (Å²) in [6.07, 6.45) is 3.23. The van der Waals surface area contributed by atoms with Gasteiger partial charge in [-0.1, -0.05) is 29.8 Å². The molecule has 1 aliphatic heterocycles. The van der Waals surface area contributed by atoms with E-state index in [1.807, 2.05) is 44.1 Å². The summed E-state index contributed by atoms with van der Waals surface area (Å²) in [6, 6.07) is 17.8. The normalized spacial score (nSPS) is 17.3. The maximum Gasteiger partial charge on any atom is 0.295 e. The summed E-state index contributed by atoms with van der Waals surface area (Å²) in [7, 11) is 3.81. The smallest absolute Gasteiger partial charge is 0.295 e. The van der Waals surface area contributed by atoms with Gasteiger partial charge in [-0.2, -0.15) is 0 Å². The summed E-state index contributed by atoms with van der Waals surface area (Å²) in [5.41, 5.74) is 3.47. The molecule has 7 heteroatoms. The van der Waals surface area contributed by atoms with Crippen molar-refractivity contribution in [3.05, 3.63) is 101 Å². The highest BCUT2D eigenvalue weighted by Gasteiger charge is 2.45. The summed E-state index contributed by atoms with van der Waals surface area (Å²) in [4.78, 5) is 33.5. The number of aliphatic hydroxyl groups excluding tert-OH is 1. The van der Waals surface area contributed by atoms with E-state index < -0.39 is 17.7 Å². The zero-order chi connectivity index (χ0) is 24.9. The number of ketones is 1. The van der Waals surface area contributed by atoms with Crippen molar-refractivity contribution in [3.8, 4) is 5.75 Å². The Morgan fingerprint density at radius 3 is 2.43 bits per heavy atom. The number of rotatable bonds is 8. The molecule has 2 aromatic carbocycles. The Balaban J connectivity index is 1.62. The van der Waals surface area contributed by atoms with Crippen LogP contribution in [-0.2, 0) is 16.2 Å². The van der Waals surface area contributed by atoms with Crippen molar-refractivity contribution < 1.29 is 19.4 Å². The highest BCUT2D eigenvalue weighted by atomic mass is 16.5. The first-order valence-corrected chi connectivity index (χ1v) is 11.5. The number of hydrogen-bond donors (Lipinski definition) is 1. The highest BCUT2D eigenvalue weighted by Crippen LogP contribution is 2.39. The van der Waals surface area contributed by atoms with Crippen LogP contribution in [0.15, 0.2) is 78.6 Å². The monoisotopic (exact) mass is 471 g/mol. The molecule has 0 unspecified atom stereocenters. The molecule has 1 amide bonds. The van der Waals surface area contributed by atoms with Crippen molar-refractivity contribution in [2.24, 2.45) is 0 Å².